The second-order valence-electron chi connectivity index (χ2n) is 2.67. The predicted octanol–water partition coefficient (Wildman–Crippen LogP) is 0.441. The molecule has 0 N–H and O–H groups in total. The molecule has 3 nitrogen and oxygen atoms in total. The third-order valence-corrected chi connectivity index (χ3v) is 1.89. The molecule has 1 aliphatic heterocycles. The average molecular weight is 130 g/mol. The lowest BCUT2D eigenvalue weighted by atomic mass is 10.3. The molecule has 0 aliphatic carbocycles. The van der Waals surface area contributed by atoms with Crippen LogP contribution in [0.4, 0.5) is 0 Å². The lowest BCUT2D eigenvalue weighted by Crippen LogP contribution is -2.40. The molecule has 0 aromatic carbocycles. The average Bonchev–Trinajstić information content (AvgIpc) is 1.97. The Morgan fingerprint density at radius 1 is 1.78 bits per heavy atom. The second-order valence-corrected chi connectivity index (χ2v) is 2.67. The zero-order valence-electron chi connectivity index (χ0n) is 6.05. The minimum absolute atomic E-state index is 0.257. The van der Waals surface area contributed by atoms with Crippen molar-refractivity contribution in [2.75, 3.05) is 13.7 Å². The van der Waals surface area contributed by atoms with Gasteiger partial charge < -0.3 is 4.74 Å². The number of rotatable bonds is 0. The third kappa shape index (κ3) is 1.08. The number of likely N-dealkylation sites (N-methyl/N-ethyl adjacent to an activating group) is 1. The van der Waals surface area contributed by atoms with Gasteiger partial charge in [-0.3, -0.25) is 0 Å². The van der Waals surface area contributed by atoms with Crippen LogP contribution in [0.1, 0.15) is 13.8 Å². The maximum Gasteiger partial charge on any atom is 0.258 e. The molecular formula is C6H12NO2. The van der Waals surface area contributed by atoms with E-state index < -0.39 is 5.91 Å². The molecule has 0 saturated carbocycles. The first-order valence-corrected chi connectivity index (χ1v) is 3.11. The van der Waals surface area contributed by atoms with Crippen molar-refractivity contribution in [2.45, 2.75) is 25.8 Å². The fraction of sp³-hybridized carbons (Fsp3) is 1.00. The summed E-state index contributed by atoms with van der Waals surface area (Å²) >= 11 is 0. The standard InChI is InChI=1S/C6H12NO2/c1-5-4-9-6(2,8)7(5)3/h5H,4H2,1-3H3. The van der Waals surface area contributed by atoms with E-state index in [2.05, 4.69) is 0 Å². The summed E-state index contributed by atoms with van der Waals surface area (Å²) in [7, 11) is 1.78. The SMILES string of the molecule is CC1COC(C)([O])N1C. The highest BCUT2D eigenvalue weighted by molar-refractivity contribution is 4.75. The first kappa shape index (κ1) is 6.99. The van der Waals surface area contributed by atoms with Gasteiger partial charge in [0.15, 0.2) is 0 Å². The number of nitrogens with zero attached hydrogens (tertiary/aromatic N) is 1. The zero-order chi connectivity index (χ0) is 7.07. The molecule has 53 valence electrons. The van der Waals surface area contributed by atoms with Gasteiger partial charge in [0.1, 0.15) is 0 Å². The zero-order valence-corrected chi connectivity index (χ0v) is 6.05. The van der Waals surface area contributed by atoms with Crippen molar-refractivity contribution in [3.63, 3.8) is 0 Å². The molecule has 0 spiro atoms. The van der Waals surface area contributed by atoms with E-state index in [9.17, 15) is 5.11 Å². The lowest BCUT2D eigenvalue weighted by molar-refractivity contribution is -0.263. The highest BCUT2D eigenvalue weighted by Crippen LogP contribution is 2.22. The summed E-state index contributed by atoms with van der Waals surface area (Å²) in [5.41, 5.74) is 0. The molecule has 1 saturated heterocycles. The normalized spacial score (nSPS) is 46.0. The van der Waals surface area contributed by atoms with Crippen LogP contribution in [0, 0.1) is 0 Å². The van der Waals surface area contributed by atoms with Gasteiger partial charge in [0.05, 0.1) is 6.61 Å². The molecule has 1 heterocycles. The topological polar surface area (TPSA) is 32.4 Å². The molecule has 0 aromatic heterocycles. The van der Waals surface area contributed by atoms with Crippen molar-refractivity contribution in [3.05, 3.63) is 0 Å². The highest BCUT2D eigenvalue weighted by atomic mass is 16.7. The summed E-state index contributed by atoms with van der Waals surface area (Å²) in [6, 6.07) is 0.257. The summed E-state index contributed by atoms with van der Waals surface area (Å²) < 4.78 is 4.94. The van der Waals surface area contributed by atoms with E-state index in [1.165, 1.54) is 6.92 Å². The van der Waals surface area contributed by atoms with Gasteiger partial charge in [-0.1, -0.05) is 0 Å². The Balaban J connectivity index is 2.62. The number of hydrogen-bond donors (Lipinski definition) is 0. The largest absolute Gasteiger partial charge is 0.334 e. The van der Waals surface area contributed by atoms with Crippen LogP contribution in [0.2, 0.25) is 0 Å². The van der Waals surface area contributed by atoms with E-state index in [1.807, 2.05) is 6.92 Å². The molecule has 1 fully saturated rings. The molecule has 0 amide bonds. The van der Waals surface area contributed by atoms with Crippen molar-refractivity contribution in [1.29, 1.82) is 0 Å². The molecule has 2 unspecified atom stereocenters. The summed E-state index contributed by atoms with van der Waals surface area (Å²) in [6.45, 7) is 4.07. The van der Waals surface area contributed by atoms with E-state index in [0.29, 0.717) is 6.61 Å². The van der Waals surface area contributed by atoms with Crippen molar-refractivity contribution in [2.24, 2.45) is 0 Å². The van der Waals surface area contributed by atoms with E-state index in [4.69, 9.17) is 4.74 Å². The van der Waals surface area contributed by atoms with Gasteiger partial charge in [-0.05, 0) is 14.0 Å². The van der Waals surface area contributed by atoms with Crippen molar-refractivity contribution in [3.8, 4) is 0 Å². The van der Waals surface area contributed by atoms with Crippen molar-refractivity contribution >= 4 is 0 Å². The predicted molar refractivity (Wildman–Crippen MR) is 32.3 cm³/mol. The third-order valence-electron chi connectivity index (χ3n) is 1.89. The molecule has 9 heavy (non-hydrogen) atoms. The fourth-order valence-electron chi connectivity index (χ4n) is 0.889. The van der Waals surface area contributed by atoms with Gasteiger partial charge in [0.25, 0.3) is 5.91 Å². The Morgan fingerprint density at radius 3 is 2.44 bits per heavy atom. The van der Waals surface area contributed by atoms with Crippen LogP contribution in [-0.2, 0) is 9.84 Å². The Morgan fingerprint density at radius 2 is 2.33 bits per heavy atom. The minimum atomic E-state index is -1.29. The van der Waals surface area contributed by atoms with Crippen LogP contribution < -0.4 is 0 Å². The van der Waals surface area contributed by atoms with Crippen LogP contribution in [0.15, 0.2) is 0 Å². The molecule has 3 heteroatoms. The molecule has 1 aliphatic rings. The number of ether oxygens (including phenoxy) is 1. The van der Waals surface area contributed by atoms with Gasteiger partial charge in [-0.15, -0.1) is 0 Å². The summed E-state index contributed by atoms with van der Waals surface area (Å²) in [4.78, 5) is 1.69. The highest BCUT2D eigenvalue weighted by Gasteiger charge is 2.39. The Labute approximate surface area is 55.2 Å². The van der Waals surface area contributed by atoms with Crippen LogP contribution in [0.5, 0.6) is 0 Å². The fourth-order valence-corrected chi connectivity index (χ4v) is 0.889. The van der Waals surface area contributed by atoms with Crippen LogP contribution in [-0.4, -0.2) is 30.5 Å². The number of hydrogen-bond acceptors (Lipinski definition) is 2. The van der Waals surface area contributed by atoms with Gasteiger partial charge in [0, 0.05) is 13.0 Å². The van der Waals surface area contributed by atoms with Gasteiger partial charge >= 0.3 is 0 Å². The molecule has 1 rings (SSSR count). The minimum Gasteiger partial charge on any atom is -0.334 e. The monoisotopic (exact) mass is 130 g/mol. The van der Waals surface area contributed by atoms with E-state index in [-0.39, 0.29) is 6.04 Å². The van der Waals surface area contributed by atoms with E-state index in [1.54, 1.807) is 11.9 Å². The Hall–Kier alpha value is -0.120. The van der Waals surface area contributed by atoms with Crippen LogP contribution >= 0.6 is 0 Å². The molecule has 0 bridgehead atoms. The summed E-state index contributed by atoms with van der Waals surface area (Å²) in [6.07, 6.45) is 0. The summed E-state index contributed by atoms with van der Waals surface area (Å²) in [5.74, 6) is -1.29. The molecule has 2 atom stereocenters. The maximum atomic E-state index is 11.1. The van der Waals surface area contributed by atoms with E-state index >= 15 is 0 Å². The van der Waals surface area contributed by atoms with Gasteiger partial charge in [0.2, 0.25) is 0 Å². The Bertz CT molecular complexity index is 114. The lowest BCUT2D eigenvalue weighted by Gasteiger charge is -2.23. The Kier molecular flexibility index (Phi) is 1.50. The van der Waals surface area contributed by atoms with Crippen molar-refractivity contribution < 1.29 is 9.84 Å². The first-order valence-electron chi connectivity index (χ1n) is 3.11. The molecular weight excluding hydrogens is 118 g/mol. The molecule has 1 radical (unpaired) electrons. The smallest absolute Gasteiger partial charge is 0.258 e. The second kappa shape index (κ2) is 1.94. The van der Waals surface area contributed by atoms with Crippen molar-refractivity contribution in [1.82, 2.24) is 4.90 Å². The van der Waals surface area contributed by atoms with Gasteiger partial charge in [-0.2, -0.15) is 5.11 Å². The summed E-state index contributed by atoms with van der Waals surface area (Å²) in [5, 5.41) is 11.1. The van der Waals surface area contributed by atoms with E-state index in [0.717, 1.165) is 0 Å². The quantitative estimate of drug-likeness (QED) is 0.476. The molecule has 0 aromatic rings. The maximum absolute atomic E-state index is 11.1. The van der Waals surface area contributed by atoms with Gasteiger partial charge in [-0.25, -0.2) is 4.90 Å². The van der Waals surface area contributed by atoms with Crippen LogP contribution in [0.25, 0.3) is 0 Å². The van der Waals surface area contributed by atoms with Crippen LogP contribution in [0.3, 0.4) is 0 Å². The first-order chi connectivity index (χ1) is 4.04.